The molecule has 144 valence electrons. The lowest BCUT2D eigenvalue weighted by atomic mass is 9.95. The Morgan fingerprint density at radius 1 is 1.12 bits per heavy atom. The zero-order valence-electron chi connectivity index (χ0n) is 16.0. The minimum Gasteiger partial charge on any atom is -0.481 e. The lowest BCUT2D eigenvalue weighted by molar-refractivity contribution is -0.158. The third-order valence-electron chi connectivity index (χ3n) is 4.88. The molecule has 0 spiro atoms. The standard InChI is InChI=1S/C19H26O7/c1-17(2,3)15(23)25-8-10-7-11(26-16(24)18(4,5)6)12-13(14(21)22)19(10,12)9-20/h7,9,11-13H,8H2,1-6H3,(H,21,22)/t11-,12-,13+,19-/m1/s1. The summed E-state index contributed by atoms with van der Waals surface area (Å²) in [6.07, 6.45) is 1.31. The minimum absolute atomic E-state index is 0.196. The lowest BCUT2D eigenvalue weighted by Gasteiger charge is -2.21. The van der Waals surface area contributed by atoms with Crippen molar-refractivity contribution in [3.05, 3.63) is 11.6 Å². The molecule has 1 fully saturated rings. The van der Waals surface area contributed by atoms with Crippen LogP contribution in [0.3, 0.4) is 0 Å². The fourth-order valence-electron chi connectivity index (χ4n) is 3.28. The Balaban J connectivity index is 2.25. The summed E-state index contributed by atoms with van der Waals surface area (Å²) in [6.45, 7) is 9.96. The van der Waals surface area contributed by atoms with Gasteiger partial charge in [0.05, 0.1) is 22.2 Å². The number of carbonyl (C=O) groups is 4. The van der Waals surface area contributed by atoms with Crippen LogP contribution in [0.4, 0.5) is 0 Å². The summed E-state index contributed by atoms with van der Waals surface area (Å²) in [5.41, 5.74) is -2.37. The molecule has 26 heavy (non-hydrogen) atoms. The first-order chi connectivity index (χ1) is 11.8. The second-order valence-electron chi connectivity index (χ2n) is 9.03. The number of hydrogen-bond acceptors (Lipinski definition) is 6. The summed E-state index contributed by atoms with van der Waals surface area (Å²) in [7, 11) is 0. The molecule has 0 saturated heterocycles. The molecule has 4 atom stereocenters. The zero-order chi connectivity index (χ0) is 20.1. The number of hydrogen-bond donors (Lipinski definition) is 1. The second-order valence-corrected chi connectivity index (χ2v) is 9.03. The van der Waals surface area contributed by atoms with Crippen LogP contribution in [0.15, 0.2) is 11.6 Å². The number of rotatable bonds is 5. The highest BCUT2D eigenvalue weighted by atomic mass is 16.5. The van der Waals surface area contributed by atoms with Gasteiger partial charge < -0.3 is 19.4 Å². The van der Waals surface area contributed by atoms with Crippen LogP contribution in [0.1, 0.15) is 41.5 Å². The van der Waals surface area contributed by atoms with E-state index < -0.39 is 52.1 Å². The molecule has 1 saturated carbocycles. The summed E-state index contributed by atoms with van der Waals surface area (Å²) < 4.78 is 10.7. The maximum Gasteiger partial charge on any atom is 0.311 e. The van der Waals surface area contributed by atoms with Gasteiger partial charge in [0.1, 0.15) is 19.0 Å². The van der Waals surface area contributed by atoms with Gasteiger partial charge in [-0.15, -0.1) is 0 Å². The molecule has 2 rings (SSSR count). The van der Waals surface area contributed by atoms with E-state index in [4.69, 9.17) is 9.47 Å². The topological polar surface area (TPSA) is 107 Å². The summed E-state index contributed by atoms with van der Waals surface area (Å²) in [5, 5.41) is 9.46. The van der Waals surface area contributed by atoms with E-state index in [2.05, 4.69) is 0 Å². The van der Waals surface area contributed by atoms with Crippen molar-refractivity contribution < 1.29 is 33.8 Å². The Hall–Kier alpha value is -2.18. The highest BCUT2D eigenvalue weighted by molar-refractivity contribution is 5.90. The van der Waals surface area contributed by atoms with E-state index in [-0.39, 0.29) is 6.61 Å². The average molecular weight is 366 g/mol. The van der Waals surface area contributed by atoms with E-state index in [1.54, 1.807) is 47.6 Å². The van der Waals surface area contributed by atoms with Crippen LogP contribution in [0, 0.1) is 28.1 Å². The quantitative estimate of drug-likeness (QED) is 0.450. The molecule has 2 aliphatic carbocycles. The molecule has 0 bridgehead atoms. The molecule has 0 heterocycles. The first-order valence-electron chi connectivity index (χ1n) is 8.55. The first-order valence-corrected chi connectivity index (χ1v) is 8.55. The molecular formula is C19H26O7. The SMILES string of the molecule is CC(C)(C)C(=O)OCC1=C[C@@H](OC(=O)C(C)(C)C)[C@@H]2[C@@H](C(=O)O)[C@]12C=O. The van der Waals surface area contributed by atoms with Gasteiger partial charge in [0.25, 0.3) is 0 Å². The molecule has 0 aromatic heterocycles. The summed E-state index contributed by atoms with van der Waals surface area (Å²) in [5.74, 6) is -3.72. The number of esters is 2. The number of carboxylic acid groups (broad SMARTS) is 1. The van der Waals surface area contributed by atoms with Crippen LogP contribution >= 0.6 is 0 Å². The smallest absolute Gasteiger partial charge is 0.311 e. The van der Waals surface area contributed by atoms with Gasteiger partial charge in [-0.05, 0) is 53.2 Å². The van der Waals surface area contributed by atoms with Crippen molar-refractivity contribution >= 4 is 24.2 Å². The molecule has 7 heteroatoms. The molecule has 0 radical (unpaired) electrons. The molecule has 0 unspecified atom stereocenters. The third-order valence-corrected chi connectivity index (χ3v) is 4.88. The van der Waals surface area contributed by atoms with Crippen molar-refractivity contribution in [2.75, 3.05) is 6.61 Å². The van der Waals surface area contributed by atoms with Gasteiger partial charge in [0.2, 0.25) is 0 Å². The van der Waals surface area contributed by atoms with Crippen molar-refractivity contribution in [2.45, 2.75) is 47.6 Å². The Bertz CT molecular complexity index is 677. The van der Waals surface area contributed by atoms with Crippen molar-refractivity contribution in [1.82, 2.24) is 0 Å². The largest absolute Gasteiger partial charge is 0.481 e. The van der Waals surface area contributed by atoms with Gasteiger partial charge in [0.15, 0.2) is 0 Å². The fourth-order valence-corrected chi connectivity index (χ4v) is 3.28. The highest BCUT2D eigenvalue weighted by Gasteiger charge is 2.76. The van der Waals surface area contributed by atoms with Crippen molar-refractivity contribution in [2.24, 2.45) is 28.1 Å². The van der Waals surface area contributed by atoms with Gasteiger partial charge in [0, 0.05) is 5.92 Å². The summed E-state index contributed by atoms with van der Waals surface area (Å²) >= 11 is 0. The highest BCUT2D eigenvalue weighted by Crippen LogP contribution is 2.68. The van der Waals surface area contributed by atoms with Gasteiger partial charge in [-0.2, -0.15) is 0 Å². The summed E-state index contributed by atoms with van der Waals surface area (Å²) in [4.78, 5) is 47.5. The Kier molecular flexibility index (Phi) is 4.81. The lowest BCUT2D eigenvalue weighted by Crippen LogP contribution is -2.29. The van der Waals surface area contributed by atoms with E-state index >= 15 is 0 Å². The van der Waals surface area contributed by atoms with E-state index in [9.17, 15) is 24.3 Å². The minimum atomic E-state index is -1.27. The number of aliphatic carboxylic acids is 1. The molecule has 7 nitrogen and oxygen atoms in total. The number of ether oxygens (including phenoxy) is 2. The normalized spacial score (nSPS) is 30.1. The van der Waals surface area contributed by atoms with Gasteiger partial charge >= 0.3 is 17.9 Å². The average Bonchev–Trinajstić information content (AvgIpc) is 3.09. The zero-order valence-corrected chi connectivity index (χ0v) is 16.0. The maximum atomic E-state index is 12.2. The Morgan fingerprint density at radius 2 is 1.65 bits per heavy atom. The Morgan fingerprint density at radius 3 is 2.08 bits per heavy atom. The molecular weight excluding hydrogens is 340 g/mol. The van der Waals surface area contributed by atoms with Crippen molar-refractivity contribution in [3.63, 3.8) is 0 Å². The number of carbonyl (C=O) groups excluding carboxylic acids is 3. The van der Waals surface area contributed by atoms with Crippen molar-refractivity contribution in [3.8, 4) is 0 Å². The van der Waals surface area contributed by atoms with Crippen LogP contribution in [0.2, 0.25) is 0 Å². The van der Waals surface area contributed by atoms with Crippen LogP contribution in [-0.4, -0.2) is 42.0 Å². The number of carboxylic acids is 1. The molecule has 0 amide bonds. The van der Waals surface area contributed by atoms with Gasteiger partial charge in [-0.25, -0.2) is 0 Å². The first kappa shape index (κ1) is 20.1. The van der Waals surface area contributed by atoms with E-state index in [1.165, 1.54) is 0 Å². The third kappa shape index (κ3) is 3.27. The van der Waals surface area contributed by atoms with E-state index in [0.717, 1.165) is 0 Å². The van der Waals surface area contributed by atoms with Crippen molar-refractivity contribution in [1.29, 1.82) is 0 Å². The molecule has 0 aliphatic heterocycles. The molecule has 2 aliphatic rings. The number of aldehydes is 1. The monoisotopic (exact) mass is 366 g/mol. The number of fused-ring (bicyclic) bond motifs is 1. The predicted octanol–water partition coefficient (Wildman–Crippen LogP) is 1.99. The van der Waals surface area contributed by atoms with Crippen LogP contribution in [0.5, 0.6) is 0 Å². The molecule has 0 aromatic carbocycles. The summed E-state index contributed by atoms with van der Waals surface area (Å²) in [6, 6.07) is 0. The maximum absolute atomic E-state index is 12.2. The van der Waals surface area contributed by atoms with E-state index in [0.29, 0.717) is 11.9 Å². The second kappa shape index (κ2) is 6.21. The van der Waals surface area contributed by atoms with E-state index in [1.807, 2.05) is 0 Å². The molecule has 1 N–H and O–H groups in total. The fraction of sp³-hybridized carbons (Fsp3) is 0.684. The van der Waals surface area contributed by atoms with Gasteiger partial charge in [-0.1, -0.05) is 0 Å². The molecule has 0 aromatic rings. The van der Waals surface area contributed by atoms with Crippen LogP contribution < -0.4 is 0 Å². The van der Waals surface area contributed by atoms with Crippen LogP contribution in [0.25, 0.3) is 0 Å². The predicted molar refractivity (Wildman–Crippen MR) is 90.9 cm³/mol. The van der Waals surface area contributed by atoms with Crippen LogP contribution in [-0.2, 0) is 28.7 Å². The van der Waals surface area contributed by atoms with Gasteiger partial charge in [-0.3, -0.25) is 14.4 Å². The Labute approximate surface area is 152 Å².